The van der Waals surface area contributed by atoms with E-state index in [9.17, 15) is 18.3 Å². The molecule has 8 nitrogen and oxygen atoms in total. The Hall–Kier alpha value is -3.30. The Morgan fingerprint density at radius 2 is 1.70 bits per heavy atom. The normalized spacial score (nSPS) is 19.2. The number of aromatic hydroxyl groups is 1. The van der Waals surface area contributed by atoms with Gasteiger partial charge in [0.1, 0.15) is 5.75 Å². The predicted molar refractivity (Wildman–Crippen MR) is 125 cm³/mol. The van der Waals surface area contributed by atoms with Gasteiger partial charge in [0.2, 0.25) is 10.0 Å². The number of nitrogens with zero attached hydrogens (tertiary/aromatic N) is 3. The molecule has 1 fully saturated rings. The highest BCUT2D eigenvalue weighted by Gasteiger charge is 2.32. The van der Waals surface area contributed by atoms with Gasteiger partial charge in [0.25, 0.3) is 5.91 Å². The first-order valence-corrected chi connectivity index (χ1v) is 12.2. The Morgan fingerprint density at radius 3 is 2.36 bits per heavy atom. The minimum absolute atomic E-state index is 0.104. The predicted octanol–water partition coefficient (Wildman–Crippen LogP) is 3.77. The third-order valence-electron chi connectivity index (χ3n) is 5.58. The second kappa shape index (κ2) is 9.29. The molecule has 0 saturated carbocycles. The topological polar surface area (TPSA) is 112 Å². The number of aromatic nitrogens is 2. The zero-order chi connectivity index (χ0) is 23.6. The summed E-state index contributed by atoms with van der Waals surface area (Å²) in [6.07, 6.45) is 3.92. The van der Waals surface area contributed by atoms with Crippen LogP contribution in [0, 0.1) is 11.8 Å². The number of carbonyl (C=O) groups excluding carboxylic acids is 1. The van der Waals surface area contributed by atoms with E-state index >= 15 is 0 Å². The number of hydrogen-bond donors (Lipinski definition) is 2. The number of amides is 1. The van der Waals surface area contributed by atoms with E-state index in [1.807, 2.05) is 0 Å². The van der Waals surface area contributed by atoms with Gasteiger partial charge >= 0.3 is 0 Å². The van der Waals surface area contributed by atoms with E-state index in [4.69, 9.17) is 0 Å². The van der Waals surface area contributed by atoms with Gasteiger partial charge in [0, 0.05) is 24.2 Å². The molecule has 2 unspecified atom stereocenters. The highest BCUT2D eigenvalue weighted by molar-refractivity contribution is 7.89. The quantitative estimate of drug-likeness (QED) is 0.592. The van der Waals surface area contributed by atoms with Crippen LogP contribution in [0.25, 0.3) is 11.4 Å². The molecule has 1 saturated heterocycles. The monoisotopic (exact) mass is 466 g/mol. The van der Waals surface area contributed by atoms with Crippen molar-refractivity contribution in [2.45, 2.75) is 25.2 Å². The second-order valence-electron chi connectivity index (χ2n) is 8.60. The summed E-state index contributed by atoms with van der Waals surface area (Å²) >= 11 is 0. The lowest BCUT2D eigenvalue weighted by Crippen LogP contribution is -2.42. The van der Waals surface area contributed by atoms with E-state index in [1.165, 1.54) is 28.8 Å². The maximum absolute atomic E-state index is 13.2. The standard InChI is InChI=1S/C24H26N4O4S/c1-16-9-17(2)15-28(14-16)33(31,32)22-8-4-6-19(11-22)24(30)27-20-12-25-23(26-13-20)18-5-3-7-21(29)10-18/h3-8,10-13,16-17,29H,9,14-15H2,1-2H3,(H,27,30). The van der Waals surface area contributed by atoms with Crippen LogP contribution in [0.2, 0.25) is 0 Å². The lowest BCUT2D eigenvalue weighted by Gasteiger charge is -2.34. The van der Waals surface area contributed by atoms with Crippen molar-refractivity contribution >= 4 is 21.6 Å². The van der Waals surface area contributed by atoms with E-state index < -0.39 is 15.9 Å². The molecular formula is C24H26N4O4S. The molecule has 2 atom stereocenters. The fourth-order valence-electron chi connectivity index (χ4n) is 4.14. The lowest BCUT2D eigenvalue weighted by atomic mass is 9.94. The number of benzene rings is 2. The zero-order valence-electron chi connectivity index (χ0n) is 18.5. The van der Waals surface area contributed by atoms with Crippen molar-refractivity contribution in [2.75, 3.05) is 18.4 Å². The van der Waals surface area contributed by atoms with E-state index in [0.717, 1.165) is 6.42 Å². The summed E-state index contributed by atoms with van der Waals surface area (Å²) in [6.45, 7) is 5.06. The van der Waals surface area contributed by atoms with Crippen LogP contribution < -0.4 is 5.32 Å². The number of hydrogen-bond acceptors (Lipinski definition) is 6. The van der Waals surface area contributed by atoms with Crippen molar-refractivity contribution < 1.29 is 18.3 Å². The molecule has 2 aromatic carbocycles. The Kier molecular flexibility index (Phi) is 6.44. The summed E-state index contributed by atoms with van der Waals surface area (Å²) in [6, 6.07) is 12.6. The molecule has 33 heavy (non-hydrogen) atoms. The number of phenolic OH excluding ortho intramolecular Hbond substituents is 1. The average molecular weight is 467 g/mol. The van der Waals surface area contributed by atoms with Crippen molar-refractivity contribution in [3.63, 3.8) is 0 Å². The van der Waals surface area contributed by atoms with Gasteiger partial charge in [0.15, 0.2) is 5.82 Å². The van der Waals surface area contributed by atoms with Crippen molar-refractivity contribution in [3.05, 3.63) is 66.5 Å². The molecule has 0 aliphatic carbocycles. The largest absolute Gasteiger partial charge is 0.508 e. The molecule has 172 valence electrons. The maximum Gasteiger partial charge on any atom is 0.255 e. The van der Waals surface area contributed by atoms with Crippen LogP contribution in [0.4, 0.5) is 5.69 Å². The summed E-state index contributed by atoms with van der Waals surface area (Å²) in [5.41, 5.74) is 1.24. The van der Waals surface area contributed by atoms with Gasteiger partial charge in [-0.25, -0.2) is 18.4 Å². The van der Waals surface area contributed by atoms with Crippen LogP contribution in [0.5, 0.6) is 5.75 Å². The van der Waals surface area contributed by atoms with Gasteiger partial charge in [-0.3, -0.25) is 4.79 Å². The smallest absolute Gasteiger partial charge is 0.255 e. The number of phenols is 1. The van der Waals surface area contributed by atoms with Gasteiger partial charge < -0.3 is 10.4 Å². The molecule has 1 amide bonds. The lowest BCUT2D eigenvalue weighted by molar-refractivity contribution is 0.102. The molecule has 2 heterocycles. The van der Waals surface area contributed by atoms with Crippen molar-refractivity contribution in [1.29, 1.82) is 0 Å². The fraction of sp³-hybridized carbons (Fsp3) is 0.292. The summed E-state index contributed by atoms with van der Waals surface area (Å²) in [5.74, 6) is 0.635. The molecule has 0 bridgehead atoms. The molecular weight excluding hydrogens is 440 g/mol. The SMILES string of the molecule is CC1CC(C)CN(S(=O)(=O)c2cccc(C(=O)Nc3cnc(-c4cccc(O)c4)nc3)c2)C1. The van der Waals surface area contributed by atoms with Gasteiger partial charge in [-0.15, -0.1) is 0 Å². The Bertz CT molecular complexity index is 1250. The number of anilines is 1. The van der Waals surface area contributed by atoms with Crippen LogP contribution >= 0.6 is 0 Å². The molecule has 9 heteroatoms. The fourth-order valence-corrected chi connectivity index (χ4v) is 5.86. The average Bonchev–Trinajstić information content (AvgIpc) is 2.79. The van der Waals surface area contributed by atoms with Crippen LogP contribution in [0.3, 0.4) is 0 Å². The van der Waals surface area contributed by atoms with Gasteiger partial charge in [-0.2, -0.15) is 4.31 Å². The maximum atomic E-state index is 13.2. The molecule has 1 aliphatic heterocycles. The molecule has 1 aliphatic rings. The zero-order valence-corrected chi connectivity index (χ0v) is 19.3. The number of sulfonamides is 1. The summed E-state index contributed by atoms with van der Waals surface area (Å²) in [4.78, 5) is 21.3. The van der Waals surface area contributed by atoms with Gasteiger partial charge in [0.05, 0.1) is 23.0 Å². The molecule has 0 radical (unpaired) electrons. The van der Waals surface area contributed by atoms with E-state index in [1.54, 1.807) is 36.4 Å². The second-order valence-corrected chi connectivity index (χ2v) is 10.5. The van der Waals surface area contributed by atoms with E-state index in [2.05, 4.69) is 29.1 Å². The highest BCUT2D eigenvalue weighted by atomic mass is 32.2. The van der Waals surface area contributed by atoms with Gasteiger partial charge in [-0.05, 0) is 48.6 Å². The first kappa shape index (κ1) is 22.9. The minimum atomic E-state index is -3.69. The van der Waals surface area contributed by atoms with Crippen molar-refractivity contribution in [3.8, 4) is 17.1 Å². The Balaban J connectivity index is 1.50. The van der Waals surface area contributed by atoms with Crippen molar-refractivity contribution in [1.82, 2.24) is 14.3 Å². The minimum Gasteiger partial charge on any atom is -0.508 e. The molecule has 0 spiro atoms. The number of carbonyl (C=O) groups is 1. The third kappa shape index (κ3) is 5.20. The highest BCUT2D eigenvalue weighted by Crippen LogP contribution is 2.27. The Morgan fingerprint density at radius 1 is 1.03 bits per heavy atom. The van der Waals surface area contributed by atoms with Crippen LogP contribution in [0.15, 0.2) is 65.8 Å². The first-order chi connectivity index (χ1) is 15.7. The van der Waals surface area contributed by atoms with Gasteiger partial charge in [-0.1, -0.05) is 32.0 Å². The third-order valence-corrected chi connectivity index (χ3v) is 7.41. The Labute approximate surface area is 193 Å². The molecule has 4 rings (SSSR count). The molecule has 1 aromatic heterocycles. The summed E-state index contributed by atoms with van der Waals surface area (Å²) in [5, 5.41) is 12.3. The molecule has 2 N–H and O–H groups in total. The number of nitrogens with one attached hydrogen (secondary N) is 1. The summed E-state index contributed by atoms with van der Waals surface area (Å²) in [7, 11) is -3.69. The van der Waals surface area contributed by atoms with E-state index in [0.29, 0.717) is 30.2 Å². The van der Waals surface area contributed by atoms with Crippen molar-refractivity contribution in [2.24, 2.45) is 11.8 Å². The van der Waals surface area contributed by atoms with E-state index in [-0.39, 0.29) is 28.0 Å². The van der Waals surface area contributed by atoms with Crippen LogP contribution in [-0.2, 0) is 10.0 Å². The van der Waals surface area contributed by atoms with Crippen LogP contribution in [0.1, 0.15) is 30.6 Å². The summed E-state index contributed by atoms with van der Waals surface area (Å²) < 4.78 is 27.8. The number of rotatable bonds is 5. The molecule has 3 aromatic rings. The van der Waals surface area contributed by atoms with Crippen LogP contribution in [-0.4, -0.2) is 46.8 Å². The number of piperidine rings is 1. The first-order valence-electron chi connectivity index (χ1n) is 10.8.